The Morgan fingerprint density at radius 1 is 1.43 bits per heavy atom. The number of nitrogens with one attached hydrogen (secondary N) is 2. The maximum absolute atomic E-state index is 13.0. The molecule has 1 amide bonds. The van der Waals surface area contributed by atoms with E-state index in [1.165, 1.54) is 12.1 Å². The molecule has 114 valence electrons. The number of carbonyl (C=O) groups excluding carboxylic acids is 1. The van der Waals surface area contributed by atoms with Crippen molar-refractivity contribution in [3.8, 4) is 0 Å². The zero-order valence-electron chi connectivity index (χ0n) is 12.1. The highest BCUT2D eigenvalue weighted by molar-refractivity contribution is 5.96. The molecule has 1 aromatic carbocycles. The van der Waals surface area contributed by atoms with E-state index in [1.807, 2.05) is 0 Å². The van der Waals surface area contributed by atoms with Gasteiger partial charge in [-0.05, 0) is 37.7 Å². The molecule has 0 fully saturated rings. The quantitative estimate of drug-likeness (QED) is 0.910. The Kier molecular flexibility index (Phi) is 5.87. The summed E-state index contributed by atoms with van der Waals surface area (Å²) in [5.74, 6) is -0.534. The first kappa shape index (κ1) is 17.1. The Bertz CT molecular complexity index is 629. The van der Waals surface area contributed by atoms with Gasteiger partial charge in [0.1, 0.15) is 11.9 Å². The number of aryl methyl sites for hydroxylation is 2. The van der Waals surface area contributed by atoms with Crippen molar-refractivity contribution in [2.75, 3.05) is 12.4 Å². The highest BCUT2D eigenvalue weighted by atomic mass is 35.5. The second-order valence-electron chi connectivity index (χ2n) is 4.62. The molecule has 0 aliphatic heterocycles. The average Bonchev–Trinajstić information content (AvgIpc) is 2.80. The van der Waals surface area contributed by atoms with Crippen LogP contribution < -0.4 is 10.6 Å². The maximum Gasteiger partial charge on any atom is 0.246 e. The Hall–Kier alpha value is -1.92. The van der Waals surface area contributed by atoms with Gasteiger partial charge in [-0.25, -0.2) is 4.39 Å². The first-order valence-corrected chi connectivity index (χ1v) is 6.24. The summed E-state index contributed by atoms with van der Waals surface area (Å²) in [7, 11) is 3.49. The number of anilines is 1. The molecular weight excluding hydrogens is 295 g/mol. The number of nitrogens with zero attached hydrogens (tertiary/aromatic N) is 2. The minimum atomic E-state index is -0.506. The van der Waals surface area contributed by atoms with Crippen LogP contribution in [0, 0.1) is 12.7 Å². The second kappa shape index (κ2) is 7.19. The van der Waals surface area contributed by atoms with Crippen molar-refractivity contribution in [1.82, 2.24) is 15.1 Å². The molecule has 0 aliphatic carbocycles. The SMILES string of the molecule is CNC(C(=O)Nc1ccc(F)cc1C)c1cnn(C)c1.Cl. The summed E-state index contributed by atoms with van der Waals surface area (Å²) in [6.07, 6.45) is 3.41. The van der Waals surface area contributed by atoms with Crippen LogP contribution in [0.25, 0.3) is 0 Å². The van der Waals surface area contributed by atoms with Gasteiger partial charge < -0.3 is 10.6 Å². The van der Waals surface area contributed by atoms with Gasteiger partial charge in [0.05, 0.1) is 6.20 Å². The zero-order valence-corrected chi connectivity index (χ0v) is 12.9. The lowest BCUT2D eigenvalue weighted by Gasteiger charge is -2.15. The Balaban J connectivity index is 0.00000220. The molecule has 0 spiro atoms. The zero-order chi connectivity index (χ0) is 14.7. The predicted molar refractivity (Wildman–Crippen MR) is 82.0 cm³/mol. The fraction of sp³-hybridized carbons (Fsp3) is 0.286. The molecule has 0 aliphatic rings. The Labute approximate surface area is 129 Å². The van der Waals surface area contributed by atoms with E-state index in [0.717, 1.165) is 5.56 Å². The number of amides is 1. The molecule has 1 aromatic heterocycles. The molecule has 7 heteroatoms. The molecular formula is C14H18ClFN4O. The van der Waals surface area contributed by atoms with Crippen LogP contribution in [0.4, 0.5) is 10.1 Å². The summed E-state index contributed by atoms with van der Waals surface area (Å²) >= 11 is 0. The first-order valence-electron chi connectivity index (χ1n) is 6.24. The fourth-order valence-corrected chi connectivity index (χ4v) is 2.01. The van der Waals surface area contributed by atoms with Crippen LogP contribution in [0.15, 0.2) is 30.6 Å². The van der Waals surface area contributed by atoms with Crippen LogP contribution in [-0.4, -0.2) is 22.7 Å². The third-order valence-corrected chi connectivity index (χ3v) is 3.06. The number of carbonyl (C=O) groups is 1. The number of hydrogen-bond acceptors (Lipinski definition) is 3. The standard InChI is InChI=1S/C14H17FN4O.ClH/c1-9-6-11(15)4-5-12(9)18-14(20)13(16-2)10-7-17-19(3)8-10;/h4-8,13,16H,1-3H3,(H,18,20);1H. The van der Waals surface area contributed by atoms with Gasteiger partial charge in [-0.1, -0.05) is 0 Å². The van der Waals surface area contributed by atoms with Crippen LogP contribution in [-0.2, 0) is 11.8 Å². The van der Waals surface area contributed by atoms with E-state index in [2.05, 4.69) is 15.7 Å². The highest BCUT2D eigenvalue weighted by Gasteiger charge is 2.20. The smallest absolute Gasteiger partial charge is 0.246 e. The van der Waals surface area contributed by atoms with Crippen molar-refractivity contribution in [3.63, 3.8) is 0 Å². The normalized spacial score (nSPS) is 11.6. The van der Waals surface area contributed by atoms with Gasteiger partial charge in [-0.2, -0.15) is 5.10 Å². The van der Waals surface area contributed by atoms with Gasteiger partial charge in [-0.15, -0.1) is 12.4 Å². The number of hydrogen-bond donors (Lipinski definition) is 2. The van der Waals surface area contributed by atoms with Crippen LogP contribution in [0.1, 0.15) is 17.2 Å². The molecule has 21 heavy (non-hydrogen) atoms. The molecule has 1 unspecified atom stereocenters. The molecule has 0 bridgehead atoms. The summed E-state index contributed by atoms with van der Waals surface area (Å²) in [5.41, 5.74) is 2.05. The van der Waals surface area contributed by atoms with E-state index < -0.39 is 6.04 Å². The predicted octanol–water partition coefficient (Wildman–Crippen LogP) is 2.19. The van der Waals surface area contributed by atoms with Gasteiger partial charge in [-0.3, -0.25) is 9.48 Å². The van der Waals surface area contributed by atoms with Gasteiger partial charge in [0.15, 0.2) is 0 Å². The number of halogens is 2. The molecule has 2 rings (SSSR count). The van der Waals surface area contributed by atoms with Crippen molar-refractivity contribution in [2.45, 2.75) is 13.0 Å². The summed E-state index contributed by atoms with van der Waals surface area (Å²) in [5, 5.41) is 9.79. The molecule has 0 saturated heterocycles. The van der Waals surface area contributed by atoms with Gasteiger partial charge in [0.25, 0.3) is 0 Å². The number of aromatic nitrogens is 2. The van der Waals surface area contributed by atoms with Gasteiger partial charge in [0, 0.05) is 24.5 Å². The fourth-order valence-electron chi connectivity index (χ4n) is 2.01. The molecule has 2 N–H and O–H groups in total. The van der Waals surface area contributed by atoms with Crippen LogP contribution >= 0.6 is 12.4 Å². The molecule has 0 radical (unpaired) electrons. The maximum atomic E-state index is 13.0. The first-order chi connectivity index (χ1) is 9.51. The van der Waals surface area contributed by atoms with Crippen LogP contribution in [0.2, 0.25) is 0 Å². The van der Waals surface area contributed by atoms with E-state index in [1.54, 1.807) is 44.2 Å². The average molecular weight is 313 g/mol. The van der Waals surface area contributed by atoms with Crippen molar-refractivity contribution in [3.05, 3.63) is 47.5 Å². The van der Waals surface area contributed by atoms with Crippen molar-refractivity contribution >= 4 is 24.0 Å². The van der Waals surface area contributed by atoms with E-state index in [9.17, 15) is 9.18 Å². The lowest BCUT2D eigenvalue weighted by Crippen LogP contribution is -2.30. The molecule has 1 heterocycles. The molecule has 5 nitrogen and oxygen atoms in total. The minimum absolute atomic E-state index is 0. The summed E-state index contributed by atoms with van der Waals surface area (Å²) < 4.78 is 14.7. The van der Waals surface area contributed by atoms with Crippen LogP contribution in [0.3, 0.4) is 0 Å². The van der Waals surface area contributed by atoms with Gasteiger partial charge in [0.2, 0.25) is 5.91 Å². The lowest BCUT2D eigenvalue weighted by molar-refractivity contribution is -0.118. The van der Waals surface area contributed by atoms with E-state index >= 15 is 0 Å². The van der Waals surface area contributed by atoms with E-state index in [-0.39, 0.29) is 24.1 Å². The second-order valence-corrected chi connectivity index (χ2v) is 4.62. The Morgan fingerprint density at radius 3 is 2.67 bits per heavy atom. The van der Waals surface area contributed by atoms with E-state index in [0.29, 0.717) is 11.3 Å². The third kappa shape index (κ3) is 4.03. The van der Waals surface area contributed by atoms with Crippen molar-refractivity contribution in [1.29, 1.82) is 0 Å². The molecule has 0 saturated carbocycles. The topological polar surface area (TPSA) is 59.0 Å². The summed E-state index contributed by atoms with van der Waals surface area (Å²) in [4.78, 5) is 12.3. The largest absolute Gasteiger partial charge is 0.324 e. The Morgan fingerprint density at radius 2 is 2.14 bits per heavy atom. The summed E-state index contributed by atoms with van der Waals surface area (Å²) in [6.45, 7) is 1.75. The minimum Gasteiger partial charge on any atom is -0.324 e. The van der Waals surface area contributed by atoms with Crippen molar-refractivity contribution in [2.24, 2.45) is 7.05 Å². The number of benzene rings is 1. The highest BCUT2D eigenvalue weighted by Crippen LogP contribution is 2.19. The molecule has 2 aromatic rings. The number of rotatable bonds is 4. The van der Waals surface area contributed by atoms with E-state index in [4.69, 9.17) is 0 Å². The monoisotopic (exact) mass is 312 g/mol. The third-order valence-electron chi connectivity index (χ3n) is 3.06. The van der Waals surface area contributed by atoms with Gasteiger partial charge >= 0.3 is 0 Å². The van der Waals surface area contributed by atoms with Crippen molar-refractivity contribution < 1.29 is 9.18 Å². The number of likely N-dealkylation sites (N-methyl/N-ethyl adjacent to an activating group) is 1. The summed E-state index contributed by atoms with van der Waals surface area (Å²) in [6, 6.07) is 3.75. The van der Waals surface area contributed by atoms with Crippen LogP contribution in [0.5, 0.6) is 0 Å². The molecule has 1 atom stereocenters. The lowest BCUT2D eigenvalue weighted by atomic mass is 10.1.